The number of carbonyl (C=O) groups is 1. The van der Waals surface area contributed by atoms with Crippen LogP contribution in [-0.2, 0) is 4.79 Å². The minimum atomic E-state index is -1.39. The molecule has 2 aliphatic rings. The highest BCUT2D eigenvalue weighted by atomic mass is 16.6. The highest BCUT2D eigenvalue weighted by molar-refractivity contribution is 5.93. The highest BCUT2D eigenvalue weighted by Gasteiger charge is 2.53. The average molecular weight is 273 g/mol. The maximum absolute atomic E-state index is 12.4. The van der Waals surface area contributed by atoms with Crippen LogP contribution in [0.3, 0.4) is 0 Å². The Morgan fingerprint density at radius 3 is 2.80 bits per heavy atom. The summed E-state index contributed by atoms with van der Waals surface area (Å²) in [5, 5.41) is 11.4. The lowest BCUT2D eigenvalue weighted by molar-refractivity contribution is -0.439. The van der Waals surface area contributed by atoms with Gasteiger partial charge in [0, 0.05) is 24.5 Å². The van der Waals surface area contributed by atoms with Gasteiger partial charge < -0.3 is 4.74 Å². The number of ketones is 1. The Balaban J connectivity index is 2.15. The summed E-state index contributed by atoms with van der Waals surface area (Å²) in [4.78, 5) is 23.4. The minimum Gasteiger partial charge on any atom is -0.467 e. The van der Waals surface area contributed by atoms with Gasteiger partial charge in [0.2, 0.25) is 0 Å². The zero-order valence-electron chi connectivity index (χ0n) is 11.0. The quantitative estimate of drug-likeness (QED) is 0.582. The number of carbonyl (C=O) groups excluding carboxylic acids is 1. The summed E-state index contributed by atoms with van der Waals surface area (Å²) in [5.74, 6) is 0.376. The molecule has 0 bridgehead atoms. The molecule has 1 spiro atoms. The molecule has 20 heavy (non-hydrogen) atoms. The van der Waals surface area contributed by atoms with Crippen molar-refractivity contribution in [1.29, 1.82) is 0 Å². The van der Waals surface area contributed by atoms with Gasteiger partial charge in [-0.25, -0.2) is 0 Å². The summed E-state index contributed by atoms with van der Waals surface area (Å²) < 4.78 is 5.87. The summed E-state index contributed by atoms with van der Waals surface area (Å²) in [7, 11) is 0. The van der Waals surface area contributed by atoms with E-state index >= 15 is 0 Å². The molecular weight excluding hydrogens is 258 g/mol. The van der Waals surface area contributed by atoms with Crippen LogP contribution in [0, 0.1) is 10.1 Å². The van der Waals surface area contributed by atoms with Crippen molar-refractivity contribution in [3.63, 3.8) is 0 Å². The highest BCUT2D eigenvalue weighted by Crippen LogP contribution is 2.41. The largest absolute Gasteiger partial charge is 0.467 e. The molecule has 1 saturated carbocycles. The van der Waals surface area contributed by atoms with Gasteiger partial charge in [0.05, 0.1) is 4.92 Å². The van der Waals surface area contributed by atoms with E-state index in [-0.39, 0.29) is 11.5 Å². The number of nitrogens with zero attached hydrogens (tertiary/aromatic N) is 1. The van der Waals surface area contributed by atoms with Crippen LogP contribution in [0.2, 0.25) is 0 Å². The van der Waals surface area contributed by atoms with Crippen molar-refractivity contribution in [2.75, 3.05) is 0 Å². The predicted molar refractivity (Wildman–Crippen MR) is 72.9 cm³/mol. The third-order valence-electron chi connectivity index (χ3n) is 3.99. The van der Waals surface area contributed by atoms with E-state index in [0.717, 1.165) is 19.3 Å². The number of hydrogen-bond acceptors (Lipinski definition) is 4. The van der Waals surface area contributed by atoms with Crippen LogP contribution >= 0.6 is 0 Å². The number of Topliss-reactive ketones (excluding diaryl/α,β-unsaturated/α-hetero) is 1. The number of hydrogen-bond donors (Lipinski definition) is 0. The van der Waals surface area contributed by atoms with E-state index in [4.69, 9.17) is 4.74 Å². The molecule has 0 amide bonds. The third-order valence-corrected chi connectivity index (χ3v) is 3.99. The topological polar surface area (TPSA) is 69.4 Å². The van der Waals surface area contributed by atoms with E-state index in [0.29, 0.717) is 24.2 Å². The van der Waals surface area contributed by atoms with E-state index in [1.165, 1.54) is 6.08 Å². The summed E-state index contributed by atoms with van der Waals surface area (Å²) in [6, 6.07) is 7.11. The van der Waals surface area contributed by atoms with E-state index < -0.39 is 10.5 Å². The molecule has 3 rings (SSSR count). The lowest BCUT2D eigenvalue weighted by Gasteiger charge is -2.32. The fraction of sp³-hybridized carbons (Fsp3) is 0.400. The lowest BCUT2D eigenvalue weighted by Crippen LogP contribution is -2.49. The standard InChI is InChI=1S/C15H15NO4/c17-14-8-2-1-5-9-15(14)13(16(18)19)10-11-6-3-4-7-12(11)20-15/h3-4,6-7,10H,1-2,5,8-9H2. The van der Waals surface area contributed by atoms with E-state index in [1.54, 1.807) is 24.3 Å². The zero-order valence-corrected chi connectivity index (χ0v) is 11.0. The van der Waals surface area contributed by atoms with Crippen molar-refractivity contribution in [2.45, 2.75) is 37.7 Å². The van der Waals surface area contributed by atoms with Crippen LogP contribution in [0.5, 0.6) is 5.75 Å². The van der Waals surface area contributed by atoms with Gasteiger partial charge in [0.25, 0.3) is 11.3 Å². The maximum Gasteiger partial charge on any atom is 0.297 e. The van der Waals surface area contributed by atoms with Crippen LogP contribution in [0.1, 0.15) is 37.7 Å². The van der Waals surface area contributed by atoms with Gasteiger partial charge in [-0.1, -0.05) is 24.6 Å². The smallest absolute Gasteiger partial charge is 0.297 e. The zero-order chi connectivity index (χ0) is 14.2. The molecule has 0 aromatic heterocycles. The Labute approximate surface area is 116 Å². The molecule has 1 aliphatic carbocycles. The maximum atomic E-state index is 12.4. The summed E-state index contributed by atoms with van der Waals surface area (Å²) >= 11 is 0. The van der Waals surface area contributed by atoms with E-state index in [9.17, 15) is 14.9 Å². The molecule has 0 radical (unpaired) electrons. The fourth-order valence-corrected chi connectivity index (χ4v) is 2.95. The van der Waals surface area contributed by atoms with E-state index in [1.807, 2.05) is 0 Å². The molecule has 0 N–H and O–H groups in total. The first kappa shape index (κ1) is 12.8. The average Bonchev–Trinajstić information content (AvgIpc) is 2.61. The van der Waals surface area contributed by atoms with Gasteiger partial charge >= 0.3 is 0 Å². The number of ether oxygens (including phenoxy) is 1. The molecule has 5 nitrogen and oxygen atoms in total. The molecule has 1 fully saturated rings. The molecule has 1 aliphatic heterocycles. The first-order valence-electron chi connectivity index (χ1n) is 6.81. The molecule has 1 atom stereocenters. The van der Waals surface area contributed by atoms with Gasteiger partial charge in [-0.2, -0.15) is 0 Å². The summed E-state index contributed by atoms with van der Waals surface area (Å²) in [5.41, 5.74) is -0.862. The van der Waals surface area contributed by atoms with Crippen LogP contribution in [0.15, 0.2) is 30.0 Å². The molecule has 1 heterocycles. The normalized spacial score (nSPS) is 25.4. The molecule has 1 aromatic rings. The first-order chi connectivity index (χ1) is 9.63. The van der Waals surface area contributed by atoms with Crippen molar-refractivity contribution >= 4 is 11.9 Å². The van der Waals surface area contributed by atoms with Crippen molar-refractivity contribution in [3.05, 3.63) is 45.6 Å². The Morgan fingerprint density at radius 1 is 1.20 bits per heavy atom. The SMILES string of the molecule is O=C1CCCCCC12Oc1ccccc1C=C2[N+](=O)[O-]. The second-order valence-corrected chi connectivity index (χ2v) is 5.24. The summed E-state index contributed by atoms with van der Waals surface area (Å²) in [6.45, 7) is 0. The van der Waals surface area contributed by atoms with Crippen molar-refractivity contribution in [2.24, 2.45) is 0 Å². The number of para-hydroxylation sites is 1. The third kappa shape index (κ3) is 1.90. The van der Waals surface area contributed by atoms with Gasteiger partial charge in [-0.3, -0.25) is 14.9 Å². The number of fused-ring (bicyclic) bond motifs is 1. The van der Waals surface area contributed by atoms with Crippen molar-refractivity contribution in [1.82, 2.24) is 0 Å². The van der Waals surface area contributed by atoms with Crippen LogP contribution in [0.25, 0.3) is 6.08 Å². The number of rotatable bonds is 1. The van der Waals surface area contributed by atoms with Gasteiger partial charge in [-0.15, -0.1) is 0 Å². The Bertz CT molecular complexity index is 608. The van der Waals surface area contributed by atoms with Crippen LogP contribution in [-0.4, -0.2) is 16.3 Å². The second-order valence-electron chi connectivity index (χ2n) is 5.24. The molecule has 104 valence electrons. The van der Waals surface area contributed by atoms with Gasteiger partial charge in [-0.05, 0) is 18.9 Å². The monoisotopic (exact) mass is 273 g/mol. The van der Waals surface area contributed by atoms with Gasteiger partial charge in [0.15, 0.2) is 5.78 Å². The summed E-state index contributed by atoms with van der Waals surface area (Å²) in [6.07, 6.45) is 4.65. The molecule has 0 saturated heterocycles. The number of nitro groups is 1. The van der Waals surface area contributed by atoms with Crippen molar-refractivity contribution < 1.29 is 14.5 Å². The number of benzene rings is 1. The Morgan fingerprint density at radius 2 is 2.00 bits per heavy atom. The van der Waals surface area contributed by atoms with Gasteiger partial charge in [0.1, 0.15) is 5.75 Å². The van der Waals surface area contributed by atoms with E-state index in [2.05, 4.69) is 0 Å². The van der Waals surface area contributed by atoms with Crippen LogP contribution in [0.4, 0.5) is 0 Å². The molecule has 1 unspecified atom stereocenters. The molecule has 5 heteroatoms. The molecule has 1 aromatic carbocycles. The Kier molecular flexibility index (Phi) is 3.04. The Hall–Kier alpha value is -2.17. The second kappa shape index (κ2) is 4.74. The lowest BCUT2D eigenvalue weighted by atomic mass is 9.86. The molecular formula is C15H15NO4. The fourth-order valence-electron chi connectivity index (χ4n) is 2.95. The predicted octanol–water partition coefficient (Wildman–Crippen LogP) is 2.97. The first-order valence-corrected chi connectivity index (χ1v) is 6.81. The minimum absolute atomic E-state index is 0.122. The van der Waals surface area contributed by atoms with Crippen LogP contribution < -0.4 is 4.74 Å². The van der Waals surface area contributed by atoms with Crippen molar-refractivity contribution in [3.8, 4) is 5.75 Å².